The summed E-state index contributed by atoms with van der Waals surface area (Å²) in [5, 5.41) is 9.00. The van der Waals surface area contributed by atoms with Crippen molar-refractivity contribution in [3.05, 3.63) is 59.4 Å². The van der Waals surface area contributed by atoms with Gasteiger partial charge in [0, 0.05) is 0 Å². The summed E-state index contributed by atoms with van der Waals surface area (Å²) in [6.45, 7) is -0.267. The van der Waals surface area contributed by atoms with Crippen LogP contribution in [0.3, 0.4) is 0 Å². The van der Waals surface area contributed by atoms with Crippen molar-refractivity contribution < 1.29 is 22.7 Å². The summed E-state index contributed by atoms with van der Waals surface area (Å²) in [4.78, 5) is 0. The standard InChI is InChI=1S/C14H10F4O/c15-11-4-5-12(13(7-11)14(16,17)18)10-3-1-2-9(6-10)8-19/h1-7,19H,8H2. The topological polar surface area (TPSA) is 20.2 Å². The molecule has 0 saturated carbocycles. The molecule has 0 bridgehead atoms. The number of rotatable bonds is 2. The van der Waals surface area contributed by atoms with E-state index in [1.165, 1.54) is 12.1 Å². The minimum atomic E-state index is -4.63. The van der Waals surface area contributed by atoms with Crippen molar-refractivity contribution in [3.63, 3.8) is 0 Å². The van der Waals surface area contributed by atoms with Gasteiger partial charge in [-0.2, -0.15) is 13.2 Å². The van der Waals surface area contributed by atoms with Crippen molar-refractivity contribution in [3.8, 4) is 11.1 Å². The highest BCUT2D eigenvalue weighted by Crippen LogP contribution is 2.37. The molecule has 0 heterocycles. The zero-order valence-corrected chi connectivity index (χ0v) is 9.71. The number of halogens is 4. The van der Waals surface area contributed by atoms with Gasteiger partial charge in [0.15, 0.2) is 0 Å². The molecular weight excluding hydrogens is 260 g/mol. The highest BCUT2D eigenvalue weighted by Gasteiger charge is 2.34. The molecule has 1 N–H and O–H groups in total. The summed E-state index contributed by atoms with van der Waals surface area (Å²) < 4.78 is 51.6. The van der Waals surface area contributed by atoms with Gasteiger partial charge in [0.1, 0.15) is 5.82 Å². The van der Waals surface area contributed by atoms with Gasteiger partial charge in [-0.05, 0) is 34.9 Å². The molecule has 2 aromatic carbocycles. The third-order valence-electron chi connectivity index (χ3n) is 2.71. The largest absolute Gasteiger partial charge is 0.417 e. The van der Waals surface area contributed by atoms with Gasteiger partial charge in [0.2, 0.25) is 0 Å². The quantitative estimate of drug-likeness (QED) is 0.818. The Kier molecular flexibility index (Phi) is 3.57. The average molecular weight is 270 g/mol. The number of benzene rings is 2. The zero-order chi connectivity index (χ0) is 14.0. The lowest BCUT2D eigenvalue weighted by Gasteiger charge is -2.13. The fraction of sp³-hybridized carbons (Fsp3) is 0.143. The number of aliphatic hydroxyl groups excluding tert-OH is 1. The van der Waals surface area contributed by atoms with E-state index >= 15 is 0 Å². The Morgan fingerprint density at radius 2 is 1.74 bits per heavy atom. The minimum Gasteiger partial charge on any atom is -0.392 e. The molecule has 0 atom stereocenters. The molecule has 19 heavy (non-hydrogen) atoms. The Bertz CT molecular complexity index is 590. The lowest BCUT2D eigenvalue weighted by molar-refractivity contribution is -0.137. The average Bonchev–Trinajstić information content (AvgIpc) is 2.37. The molecule has 0 unspecified atom stereocenters. The van der Waals surface area contributed by atoms with E-state index in [2.05, 4.69) is 0 Å². The van der Waals surface area contributed by atoms with E-state index in [9.17, 15) is 17.6 Å². The van der Waals surface area contributed by atoms with E-state index in [4.69, 9.17) is 5.11 Å². The molecule has 2 aromatic rings. The Hall–Kier alpha value is -1.88. The van der Waals surface area contributed by atoms with Crippen molar-refractivity contribution in [2.75, 3.05) is 0 Å². The second kappa shape index (κ2) is 5.01. The molecule has 0 aliphatic rings. The van der Waals surface area contributed by atoms with E-state index in [1.807, 2.05) is 0 Å². The van der Waals surface area contributed by atoms with Crippen LogP contribution in [-0.2, 0) is 12.8 Å². The molecule has 0 fully saturated rings. The van der Waals surface area contributed by atoms with Crippen LogP contribution in [0.2, 0.25) is 0 Å². The van der Waals surface area contributed by atoms with Crippen molar-refractivity contribution >= 4 is 0 Å². The Balaban J connectivity index is 2.61. The van der Waals surface area contributed by atoms with Crippen LogP contribution in [0.25, 0.3) is 11.1 Å². The molecule has 0 aliphatic heterocycles. The normalized spacial score (nSPS) is 11.6. The van der Waals surface area contributed by atoms with E-state index in [1.54, 1.807) is 12.1 Å². The number of hydrogen-bond donors (Lipinski definition) is 1. The SMILES string of the molecule is OCc1cccc(-c2ccc(F)cc2C(F)(F)F)c1. The molecule has 0 amide bonds. The van der Waals surface area contributed by atoms with E-state index in [0.717, 1.165) is 12.1 Å². The van der Waals surface area contributed by atoms with Gasteiger partial charge in [-0.1, -0.05) is 24.3 Å². The number of aliphatic hydroxyl groups is 1. The van der Waals surface area contributed by atoms with Crippen LogP contribution in [0.1, 0.15) is 11.1 Å². The number of alkyl halides is 3. The summed E-state index contributed by atoms with van der Waals surface area (Å²) in [6.07, 6.45) is -4.63. The van der Waals surface area contributed by atoms with Gasteiger partial charge in [-0.15, -0.1) is 0 Å². The third kappa shape index (κ3) is 2.93. The first-order chi connectivity index (χ1) is 8.91. The summed E-state index contributed by atoms with van der Waals surface area (Å²) in [5.74, 6) is -0.936. The van der Waals surface area contributed by atoms with E-state index < -0.39 is 17.6 Å². The van der Waals surface area contributed by atoms with Crippen LogP contribution in [0.15, 0.2) is 42.5 Å². The lowest BCUT2D eigenvalue weighted by Crippen LogP contribution is -2.07. The van der Waals surface area contributed by atoms with Crippen LogP contribution < -0.4 is 0 Å². The molecule has 2 rings (SSSR count). The van der Waals surface area contributed by atoms with Gasteiger partial charge < -0.3 is 5.11 Å². The van der Waals surface area contributed by atoms with Gasteiger partial charge in [0.05, 0.1) is 12.2 Å². The maximum Gasteiger partial charge on any atom is 0.417 e. The van der Waals surface area contributed by atoms with Gasteiger partial charge in [0.25, 0.3) is 0 Å². The van der Waals surface area contributed by atoms with Crippen LogP contribution in [0, 0.1) is 5.82 Å². The predicted molar refractivity (Wildman–Crippen MR) is 62.8 cm³/mol. The van der Waals surface area contributed by atoms with Crippen molar-refractivity contribution in [1.82, 2.24) is 0 Å². The molecule has 0 aliphatic carbocycles. The first-order valence-electron chi connectivity index (χ1n) is 5.49. The molecule has 0 aromatic heterocycles. The molecule has 0 saturated heterocycles. The van der Waals surface area contributed by atoms with Crippen LogP contribution in [0.5, 0.6) is 0 Å². The monoisotopic (exact) mass is 270 g/mol. The minimum absolute atomic E-state index is 0.107. The van der Waals surface area contributed by atoms with Crippen LogP contribution in [0.4, 0.5) is 17.6 Å². The van der Waals surface area contributed by atoms with Gasteiger partial charge in [-0.25, -0.2) is 4.39 Å². The second-order valence-corrected chi connectivity index (χ2v) is 4.05. The number of hydrogen-bond acceptors (Lipinski definition) is 1. The maximum absolute atomic E-state index is 13.0. The second-order valence-electron chi connectivity index (χ2n) is 4.05. The Labute approximate surface area is 107 Å². The fourth-order valence-electron chi connectivity index (χ4n) is 1.84. The van der Waals surface area contributed by atoms with E-state index in [-0.39, 0.29) is 12.2 Å². The summed E-state index contributed by atoms with van der Waals surface area (Å²) in [7, 11) is 0. The van der Waals surface area contributed by atoms with Crippen molar-refractivity contribution in [2.24, 2.45) is 0 Å². The first kappa shape index (κ1) is 13.5. The fourth-order valence-corrected chi connectivity index (χ4v) is 1.84. The highest BCUT2D eigenvalue weighted by molar-refractivity contribution is 5.68. The zero-order valence-electron chi connectivity index (χ0n) is 9.71. The lowest BCUT2D eigenvalue weighted by atomic mass is 9.98. The molecule has 5 heteroatoms. The van der Waals surface area contributed by atoms with Crippen LogP contribution in [-0.4, -0.2) is 5.11 Å². The van der Waals surface area contributed by atoms with Gasteiger partial charge in [-0.3, -0.25) is 0 Å². The third-order valence-corrected chi connectivity index (χ3v) is 2.71. The molecule has 1 nitrogen and oxygen atoms in total. The van der Waals surface area contributed by atoms with Crippen LogP contribution >= 0.6 is 0 Å². The summed E-state index contributed by atoms with van der Waals surface area (Å²) in [5.41, 5.74) is -0.347. The maximum atomic E-state index is 13.0. The van der Waals surface area contributed by atoms with Gasteiger partial charge >= 0.3 is 6.18 Å². The van der Waals surface area contributed by atoms with Crippen molar-refractivity contribution in [1.29, 1.82) is 0 Å². The smallest absolute Gasteiger partial charge is 0.392 e. The Morgan fingerprint density at radius 1 is 1.00 bits per heavy atom. The van der Waals surface area contributed by atoms with Crippen molar-refractivity contribution in [2.45, 2.75) is 12.8 Å². The predicted octanol–water partition coefficient (Wildman–Crippen LogP) is 4.00. The molecular formula is C14H10F4O. The highest BCUT2D eigenvalue weighted by atomic mass is 19.4. The summed E-state index contributed by atoms with van der Waals surface area (Å²) >= 11 is 0. The molecule has 100 valence electrons. The first-order valence-corrected chi connectivity index (χ1v) is 5.49. The molecule has 0 radical (unpaired) electrons. The van der Waals surface area contributed by atoms with E-state index in [0.29, 0.717) is 17.2 Å². The summed E-state index contributed by atoms with van der Waals surface area (Å²) in [6, 6.07) is 8.63. The molecule has 0 spiro atoms. The Morgan fingerprint density at radius 3 is 2.37 bits per heavy atom.